The molecule has 4 nitrogen and oxygen atoms in total. The van der Waals surface area contributed by atoms with Crippen molar-refractivity contribution < 1.29 is 19.0 Å². The van der Waals surface area contributed by atoms with Crippen LogP contribution in [-0.2, 0) is 17.8 Å². The lowest BCUT2D eigenvalue weighted by atomic mass is 10.1. The second-order valence-corrected chi connectivity index (χ2v) is 4.55. The van der Waals surface area contributed by atoms with E-state index in [2.05, 4.69) is 5.32 Å². The van der Waals surface area contributed by atoms with Crippen molar-refractivity contribution in [3.05, 3.63) is 59.4 Å². The number of ether oxygens (including phenoxy) is 1. The van der Waals surface area contributed by atoms with E-state index < -0.39 is 5.82 Å². The van der Waals surface area contributed by atoms with Crippen LogP contribution in [0.15, 0.2) is 42.5 Å². The van der Waals surface area contributed by atoms with Crippen LogP contribution in [0.25, 0.3) is 0 Å². The topological polar surface area (TPSA) is 58.6 Å². The van der Waals surface area contributed by atoms with E-state index in [9.17, 15) is 9.18 Å². The van der Waals surface area contributed by atoms with Gasteiger partial charge in [0.2, 0.25) is 5.91 Å². The Morgan fingerprint density at radius 1 is 1.24 bits per heavy atom. The van der Waals surface area contributed by atoms with Gasteiger partial charge in [-0.2, -0.15) is 0 Å². The molecule has 5 heteroatoms. The number of carbonyl (C=O) groups excluding carboxylic acids is 1. The monoisotopic (exact) mass is 289 g/mol. The zero-order chi connectivity index (χ0) is 15.2. The summed E-state index contributed by atoms with van der Waals surface area (Å²) in [6.07, 6.45) is 0.0598. The smallest absolute Gasteiger partial charge is 0.228 e. The van der Waals surface area contributed by atoms with Gasteiger partial charge in [-0.05, 0) is 35.4 Å². The third-order valence-electron chi connectivity index (χ3n) is 2.97. The Balaban J connectivity index is 2.02. The molecule has 0 aliphatic carbocycles. The first-order valence-electron chi connectivity index (χ1n) is 6.44. The highest BCUT2D eigenvalue weighted by molar-refractivity contribution is 5.92. The molecular weight excluding hydrogens is 273 g/mol. The number of nitrogens with one attached hydrogen (secondary N) is 1. The Labute approximate surface area is 122 Å². The maximum Gasteiger partial charge on any atom is 0.228 e. The molecule has 1 amide bonds. The van der Waals surface area contributed by atoms with E-state index in [-0.39, 0.29) is 24.7 Å². The molecular formula is C16H16FNO3. The van der Waals surface area contributed by atoms with Gasteiger partial charge in [0.15, 0.2) is 11.6 Å². The number of anilines is 1. The van der Waals surface area contributed by atoms with Gasteiger partial charge in [0.1, 0.15) is 0 Å². The van der Waals surface area contributed by atoms with Gasteiger partial charge in [-0.1, -0.05) is 18.2 Å². The summed E-state index contributed by atoms with van der Waals surface area (Å²) in [4.78, 5) is 11.9. The molecule has 0 heterocycles. The van der Waals surface area contributed by atoms with E-state index in [1.54, 1.807) is 30.3 Å². The van der Waals surface area contributed by atoms with Crippen LogP contribution in [0.1, 0.15) is 11.1 Å². The summed E-state index contributed by atoms with van der Waals surface area (Å²) >= 11 is 0. The second kappa shape index (κ2) is 6.85. The lowest BCUT2D eigenvalue weighted by Gasteiger charge is -2.08. The number of hydrogen-bond donors (Lipinski definition) is 2. The van der Waals surface area contributed by atoms with Crippen LogP contribution in [0.2, 0.25) is 0 Å². The molecule has 0 spiro atoms. The van der Waals surface area contributed by atoms with E-state index >= 15 is 0 Å². The quantitative estimate of drug-likeness (QED) is 0.889. The van der Waals surface area contributed by atoms with E-state index in [0.29, 0.717) is 16.8 Å². The van der Waals surface area contributed by atoms with Crippen molar-refractivity contribution in [2.75, 3.05) is 12.4 Å². The van der Waals surface area contributed by atoms with Crippen LogP contribution in [-0.4, -0.2) is 18.1 Å². The van der Waals surface area contributed by atoms with Gasteiger partial charge in [0, 0.05) is 5.69 Å². The minimum atomic E-state index is -0.495. The number of hydrogen-bond acceptors (Lipinski definition) is 3. The van der Waals surface area contributed by atoms with Crippen LogP contribution in [0.4, 0.5) is 10.1 Å². The minimum Gasteiger partial charge on any atom is -0.494 e. The summed E-state index contributed by atoms with van der Waals surface area (Å²) in [5, 5.41) is 11.8. The predicted molar refractivity (Wildman–Crippen MR) is 77.7 cm³/mol. The molecule has 2 N–H and O–H groups in total. The van der Waals surface area contributed by atoms with E-state index in [0.717, 1.165) is 0 Å². The number of benzene rings is 2. The van der Waals surface area contributed by atoms with Crippen molar-refractivity contribution in [1.82, 2.24) is 0 Å². The van der Waals surface area contributed by atoms with Crippen LogP contribution in [0, 0.1) is 5.82 Å². The fourth-order valence-electron chi connectivity index (χ4n) is 1.96. The molecule has 0 aromatic heterocycles. The van der Waals surface area contributed by atoms with Crippen molar-refractivity contribution >= 4 is 11.6 Å². The molecule has 2 aromatic rings. The predicted octanol–water partition coefficient (Wildman–Crippen LogP) is 2.51. The van der Waals surface area contributed by atoms with Crippen molar-refractivity contribution in [3.63, 3.8) is 0 Å². The van der Waals surface area contributed by atoms with Crippen LogP contribution in [0.3, 0.4) is 0 Å². The Morgan fingerprint density at radius 2 is 2.05 bits per heavy atom. The molecule has 0 saturated heterocycles. The second-order valence-electron chi connectivity index (χ2n) is 4.55. The molecule has 0 saturated carbocycles. The Kier molecular flexibility index (Phi) is 4.90. The zero-order valence-electron chi connectivity index (χ0n) is 11.6. The average Bonchev–Trinajstić information content (AvgIpc) is 2.47. The highest BCUT2D eigenvalue weighted by atomic mass is 19.1. The molecule has 2 aromatic carbocycles. The number of amides is 1. The number of rotatable bonds is 5. The molecule has 2 rings (SSSR count). The number of aliphatic hydroxyl groups is 1. The fourth-order valence-corrected chi connectivity index (χ4v) is 1.96. The molecule has 0 fully saturated rings. The molecule has 21 heavy (non-hydrogen) atoms. The largest absolute Gasteiger partial charge is 0.494 e. The van der Waals surface area contributed by atoms with Gasteiger partial charge in [0.05, 0.1) is 20.1 Å². The summed E-state index contributed by atoms with van der Waals surface area (Å²) in [7, 11) is 1.39. The average molecular weight is 289 g/mol. The van der Waals surface area contributed by atoms with Gasteiger partial charge in [-0.15, -0.1) is 0 Å². The summed E-state index contributed by atoms with van der Waals surface area (Å²) in [5.74, 6) is -0.602. The van der Waals surface area contributed by atoms with Crippen LogP contribution < -0.4 is 10.1 Å². The highest BCUT2D eigenvalue weighted by Crippen LogP contribution is 2.18. The lowest BCUT2D eigenvalue weighted by Crippen LogP contribution is -2.14. The number of halogens is 1. The Morgan fingerprint density at radius 3 is 2.71 bits per heavy atom. The van der Waals surface area contributed by atoms with E-state index in [1.807, 2.05) is 0 Å². The normalized spacial score (nSPS) is 10.2. The zero-order valence-corrected chi connectivity index (χ0v) is 11.6. The molecule has 0 aliphatic rings. The third-order valence-corrected chi connectivity index (χ3v) is 2.97. The fraction of sp³-hybridized carbons (Fsp3) is 0.188. The van der Waals surface area contributed by atoms with Gasteiger partial charge >= 0.3 is 0 Å². The number of carbonyl (C=O) groups is 1. The van der Waals surface area contributed by atoms with Crippen molar-refractivity contribution in [3.8, 4) is 5.75 Å². The summed E-state index contributed by atoms with van der Waals surface area (Å²) in [6, 6.07) is 11.3. The van der Waals surface area contributed by atoms with Gasteiger partial charge in [-0.3, -0.25) is 4.79 Å². The lowest BCUT2D eigenvalue weighted by molar-refractivity contribution is -0.115. The Bertz CT molecular complexity index is 643. The molecule has 0 radical (unpaired) electrons. The number of aliphatic hydroxyl groups excluding tert-OH is 1. The molecule has 0 bridgehead atoms. The molecule has 0 aliphatic heterocycles. The standard InChI is InChI=1S/C16H16FNO3/c1-21-15-6-5-11(8-14(15)17)9-16(20)18-13-4-2-3-12(7-13)10-19/h2-8,19H,9-10H2,1H3,(H,18,20). The van der Waals surface area contributed by atoms with Crippen LogP contribution >= 0.6 is 0 Å². The van der Waals surface area contributed by atoms with Crippen LogP contribution in [0.5, 0.6) is 5.75 Å². The van der Waals surface area contributed by atoms with Gasteiger partial charge < -0.3 is 15.2 Å². The minimum absolute atomic E-state index is 0.0598. The molecule has 0 unspecified atom stereocenters. The van der Waals surface area contributed by atoms with E-state index in [1.165, 1.54) is 19.2 Å². The maximum absolute atomic E-state index is 13.5. The number of methoxy groups -OCH3 is 1. The van der Waals surface area contributed by atoms with Crippen molar-refractivity contribution in [2.24, 2.45) is 0 Å². The first-order chi connectivity index (χ1) is 10.1. The molecule has 110 valence electrons. The third kappa shape index (κ3) is 4.03. The summed E-state index contributed by atoms with van der Waals surface area (Å²) in [6.45, 7) is -0.0899. The maximum atomic E-state index is 13.5. The highest BCUT2D eigenvalue weighted by Gasteiger charge is 2.08. The van der Waals surface area contributed by atoms with Crippen molar-refractivity contribution in [2.45, 2.75) is 13.0 Å². The van der Waals surface area contributed by atoms with Gasteiger partial charge in [0.25, 0.3) is 0 Å². The van der Waals surface area contributed by atoms with Gasteiger partial charge in [-0.25, -0.2) is 4.39 Å². The first-order valence-corrected chi connectivity index (χ1v) is 6.44. The first kappa shape index (κ1) is 15.0. The summed E-state index contributed by atoms with van der Waals surface area (Å²) < 4.78 is 18.4. The van der Waals surface area contributed by atoms with Crippen molar-refractivity contribution in [1.29, 1.82) is 0 Å². The molecule has 0 atom stereocenters. The summed E-state index contributed by atoms with van der Waals surface area (Å²) in [5.41, 5.74) is 1.87. The van der Waals surface area contributed by atoms with E-state index in [4.69, 9.17) is 9.84 Å². The SMILES string of the molecule is COc1ccc(CC(=O)Nc2cccc(CO)c2)cc1F. The Hall–Kier alpha value is -2.40.